The molecular formula is C16H19N3O2. The van der Waals surface area contributed by atoms with Crippen LogP contribution in [0.5, 0.6) is 0 Å². The molecule has 2 aliphatic rings. The predicted molar refractivity (Wildman–Crippen MR) is 79.2 cm³/mol. The molecule has 110 valence electrons. The van der Waals surface area contributed by atoms with Gasteiger partial charge in [-0.3, -0.25) is 4.79 Å². The van der Waals surface area contributed by atoms with Crippen LogP contribution in [0.4, 0.5) is 0 Å². The van der Waals surface area contributed by atoms with Gasteiger partial charge in [-0.25, -0.2) is 4.98 Å². The van der Waals surface area contributed by atoms with Gasteiger partial charge in [-0.1, -0.05) is 0 Å². The van der Waals surface area contributed by atoms with E-state index in [4.69, 9.17) is 4.42 Å². The van der Waals surface area contributed by atoms with Crippen LogP contribution in [0.15, 0.2) is 22.7 Å². The minimum atomic E-state index is -0.123. The number of pyridine rings is 1. The van der Waals surface area contributed by atoms with Crippen molar-refractivity contribution in [3.8, 4) is 0 Å². The molecular weight excluding hydrogens is 266 g/mol. The summed E-state index contributed by atoms with van der Waals surface area (Å²) in [5, 5.41) is 4.06. The number of nitrogens with zero attached hydrogens (tertiary/aromatic N) is 2. The van der Waals surface area contributed by atoms with Gasteiger partial charge in [0.1, 0.15) is 5.76 Å². The van der Waals surface area contributed by atoms with E-state index in [0.29, 0.717) is 11.3 Å². The van der Waals surface area contributed by atoms with Crippen LogP contribution >= 0.6 is 0 Å². The summed E-state index contributed by atoms with van der Waals surface area (Å²) in [6.45, 7) is 5.20. The summed E-state index contributed by atoms with van der Waals surface area (Å²) in [4.78, 5) is 19.2. The van der Waals surface area contributed by atoms with E-state index in [2.05, 4.69) is 15.2 Å². The average molecular weight is 285 g/mol. The lowest BCUT2D eigenvalue weighted by molar-refractivity contribution is 0.0905. The Labute approximate surface area is 123 Å². The van der Waals surface area contributed by atoms with Gasteiger partial charge in [-0.15, -0.1) is 0 Å². The van der Waals surface area contributed by atoms with Crippen LogP contribution < -0.4 is 5.32 Å². The van der Waals surface area contributed by atoms with Crippen LogP contribution in [-0.4, -0.2) is 41.5 Å². The van der Waals surface area contributed by atoms with E-state index in [9.17, 15) is 4.79 Å². The highest BCUT2D eigenvalue weighted by Crippen LogP contribution is 2.27. The molecule has 4 rings (SSSR count). The number of aromatic nitrogens is 1. The van der Waals surface area contributed by atoms with Gasteiger partial charge in [0, 0.05) is 30.7 Å². The summed E-state index contributed by atoms with van der Waals surface area (Å²) in [6.07, 6.45) is 4.01. The van der Waals surface area contributed by atoms with Crippen molar-refractivity contribution >= 4 is 16.9 Å². The Bertz CT molecular complexity index is 682. The third kappa shape index (κ3) is 2.31. The fraction of sp³-hybridized carbons (Fsp3) is 0.500. The molecule has 1 unspecified atom stereocenters. The highest BCUT2D eigenvalue weighted by molar-refractivity contribution is 6.03. The summed E-state index contributed by atoms with van der Waals surface area (Å²) in [5.74, 6) is 1.41. The SMILES string of the molecule is Cc1cc2ccnc(C(=O)N[C@@H]3C[C@H]4CCN(C4)C3)c2o1. The Morgan fingerprint density at radius 2 is 2.38 bits per heavy atom. The number of aryl methyl sites for hydroxylation is 1. The second kappa shape index (κ2) is 4.84. The number of furan rings is 1. The van der Waals surface area contributed by atoms with Crippen molar-refractivity contribution in [1.82, 2.24) is 15.2 Å². The summed E-state index contributed by atoms with van der Waals surface area (Å²) in [5.41, 5.74) is 0.986. The maximum absolute atomic E-state index is 12.5. The molecule has 2 saturated heterocycles. The topological polar surface area (TPSA) is 58.4 Å². The fourth-order valence-corrected chi connectivity index (χ4v) is 3.67. The number of rotatable bonds is 2. The zero-order valence-corrected chi connectivity index (χ0v) is 12.1. The molecule has 5 nitrogen and oxygen atoms in total. The molecule has 1 N–H and O–H groups in total. The monoisotopic (exact) mass is 285 g/mol. The Morgan fingerprint density at radius 1 is 1.48 bits per heavy atom. The molecule has 2 aromatic rings. The van der Waals surface area contributed by atoms with Crippen LogP contribution in [0.2, 0.25) is 0 Å². The standard InChI is InChI=1S/C16H19N3O2/c1-10-6-12-2-4-17-14(15(12)21-10)16(20)18-13-7-11-3-5-19(8-11)9-13/h2,4,6,11,13H,3,5,7-9H2,1H3,(H,18,20)/t11-,13-/m1/s1. The molecule has 0 aliphatic carbocycles. The minimum absolute atomic E-state index is 0.123. The number of carbonyl (C=O) groups is 1. The summed E-state index contributed by atoms with van der Waals surface area (Å²) < 4.78 is 5.63. The van der Waals surface area contributed by atoms with Crippen LogP contribution in [0, 0.1) is 12.8 Å². The van der Waals surface area contributed by atoms with Gasteiger partial charge in [-0.05, 0) is 44.4 Å². The van der Waals surface area contributed by atoms with E-state index in [-0.39, 0.29) is 11.9 Å². The Hall–Kier alpha value is -1.88. The van der Waals surface area contributed by atoms with Crippen LogP contribution in [0.3, 0.4) is 0 Å². The third-order valence-corrected chi connectivity index (χ3v) is 4.57. The average Bonchev–Trinajstić information content (AvgIpc) is 2.99. The van der Waals surface area contributed by atoms with E-state index in [1.165, 1.54) is 19.5 Å². The number of fused-ring (bicyclic) bond motifs is 3. The molecule has 0 aromatic carbocycles. The first kappa shape index (κ1) is 12.8. The first-order valence-electron chi connectivity index (χ1n) is 7.57. The lowest BCUT2D eigenvalue weighted by Gasteiger charge is -2.30. The number of piperidine rings is 1. The second-order valence-electron chi connectivity index (χ2n) is 6.26. The van der Waals surface area contributed by atoms with Crippen LogP contribution in [-0.2, 0) is 0 Å². The molecule has 2 bridgehead atoms. The molecule has 0 radical (unpaired) electrons. The quantitative estimate of drug-likeness (QED) is 0.916. The molecule has 2 fully saturated rings. The number of carbonyl (C=O) groups excluding carboxylic acids is 1. The molecule has 1 amide bonds. The normalized spacial score (nSPS) is 28.0. The number of hydrogen-bond acceptors (Lipinski definition) is 4. The molecule has 3 atom stereocenters. The Kier molecular flexibility index (Phi) is 2.96. The van der Waals surface area contributed by atoms with E-state index < -0.39 is 0 Å². The molecule has 4 heterocycles. The second-order valence-corrected chi connectivity index (χ2v) is 6.26. The van der Waals surface area contributed by atoms with Gasteiger partial charge in [-0.2, -0.15) is 0 Å². The summed E-state index contributed by atoms with van der Waals surface area (Å²) in [7, 11) is 0. The first-order chi connectivity index (χ1) is 10.2. The zero-order chi connectivity index (χ0) is 14.4. The van der Waals surface area contributed by atoms with Crippen molar-refractivity contribution in [1.29, 1.82) is 0 Å². The number of nitrogens with one attached hydrogen (secondary N) is 1. The maximum atomic E-state index is 12.5. The van der Waals surface area contributed by atoms with E-state index in [1.54, 1.807) is 6.20 Å². The molecule has 0 saturated carbocycles. The summed E-state index contributed by atoms with van der Waals surface area (Å²) in [6, 6.07) is 4.03. The zero-order valence-electron chi connectivity index (χ0n) is 12.1. The van der Waals surface area contributed by atoms with Gasteiger partial charge in [0.05, 0.1) is 0 Å². The van der Waals surface area contributed by atoms with Gasteiger partial charge in [0.15, 0.2) is 11.3 Å². The smallest absolute Gasteiger partial charge is 0.274 e. The predicted octanol–water partition coefficient (Wildman–Crippen LogP) is 1.96. The van der Waals surface area contributed by atoms with E-state index in [1.807, 2.05) is 19.1 Å². The minimum Gasteiger partial charge on any atom is -0.459 e. The fourth-order valence-electron chi connectivity index (χ4n) is 3.67. The number of amides is 1. The molecule has 5 heteroatoms. The van der Waals surface area contributed by atoms with Gasteiger partial charge in [0.25, 0.3) is 5.91 Å². The van der Waals surface area contributed by atoms with Crippen molar-refractivity contribution in [3.63, 3.8) is 0 Å². The van der Waals surface area contributed by atoms with Crippen molar-refractivity contribution in [2.75, 3.05) is 19.6 Å². The van der Waals surface area contributed by atoms with Gasteiger partial charge >= 0.3 is 0 Å². The lowest BCUT2D eigenvalue weighted by atomic mass is 9.97. The highest BCUT2D eigenvalue weighted by atomic mass is 16.3. The van der Waals surface area contributed by atoms with Crippen molar-refractivity contribution in [2.24, 2.45) is 5.92 Å². The molecule has 0 spiro atoms. The molecule has 2 aliphatic heterocycles. The molecule has 2 aromatic heterocycles. The van der Waals surface area contributed by atoms with Gasteiger partial charge in [0.2, 0.25) is 0 Å². The Morgan fingerprint density at radius 3 is 3.24 bits per heavy atom. The van der Waals surface area contributed by atoms with Gasteiger partial charge < -0.3 is 14.6 Å². The first-order valence-corrected chi connectivity index (χ1v) is 7.57. The van der Waals surface area contributed by atoms with Crippen LogP contribution in [0.25, 0.3) is 11.0 Å². The Balaban J connectivity index is 1.56. The van der Waals surface area contributed by atoms with Crippen LogP contribution in [0.1, 0.15) is 29.1 Å². The van der Waals surface area contributed by atoms with E-state index >= 15 is 0 Å². The van der Waals surface area contributed by atoms with Crippen molar-refractivity contribution < 1.29 is 9.21 Å². The molecule has 21 heavy (non-hydrogen) atoms. The van der Waals surface area contributed by atoms with E-state index in [0.717, 1.165) is 30.0 Å². The third-order valence-electron chi connectivity index (χ3n) is 4.57. The highest BCUT2D eigenvalue weighted by Gasteiger charge is 2.33. The largest absolute Gasteiger partial charge is 0.459 e. The van der Waals surface area contributed by atoms with Crippen molar-refractivity contribution in [2.45, 2.75) is 25.8 Å². The lowest BCUT2D eigenvalue weighted by Crippen LogP contribution is -2.47. The maximum Gasteiger partial charge on any atom is 0.274 e. The summed E-state index contributed by atoms with van der Waals surface area (Å²) >= 11 is 0. The number of hydrogen-bond donors (Lipinski definition) is 1. The van der Waals surface area contributed by atoms with Crippen molar-refractivity contribution in [3.05, 3.63) is 29.8 Å².